The molecular weight excluding hydrogens is 232 g/mol. The van der Waals surface area contributed by atoms with Crippen LogP contribution < -0.4 is 10.1 Å². The summed E-state index contributed by atoms with van der Waals surface area (Å²) in [5.41, 5.74) is 1.05. The van der Waals surface area contributed by atoms with Crippen molar-refractivity contribution in [3.05, 3.63) is 24.0 Å². The van der Waals surface area contributed by atoms with Gasteiger partial charge in [0.25, 0.3) is 0 Å². The van der Waals surface area contributed by atoms with Gasteiger partial charge >= 0.3 is 0 Å². The van der Waals surface area contributed by atoms with Crippen LogP contribution >= 0.6 is 11.8 Å². The minimum absolute atomic E-state index is 0.485. The molecule has 1 aromatic rings. The highest BCUT2D eigenvalue weighted by Crippen LogP contribution is 2.10. The van der Waals surface area contributed by atoms with E-state index in [1.54, 1.807) is 6.20 Å². The smallest absolute Gasteiger partial charge is 0.137 e. The molecule has 0 saturated carbocycles. The Morgan fingerprint density at radius 2 is 2.24 bits per heavy atom. The van der Waals surface area contributed by atoms with Gasteiger partial charge in [-0.1, -0.05) is 20.8 Å². The van der Waals surface area contributed by atoms with Gasteiger partial charge in [-0.05, 0) is 17.9 Å². The summed E-state index contributed by atoms with van der Waals surface area (Å²) in [7, 11) is 0. The lowest BCUT2D eigenvalue weighted by molar-refractivity contribution is 0.342. The topological polar surface area (TPSA) is 34.1 Å². The lowest BCUT2D eigenvalue weighted by Crippen LogP contribution is -2.22. The van der Waals surface area contributed by atoms with Gasteiger partial charge in [-0.15, -0.1) is 0 Å². The van der Waals surface area contributed by atoms with Crippen LogP contribution in [-0.4, -0.2) is 29.1 Å². The summed E-state index contributed by atoms with van der Waals surface area (Å²) in [5.74, 6) is 3.03. The van der Waals surface area contributed by atoms with Crippen LogP contribution in [0.5, 0.6) is 5.75 Å². The molecule has 1 rings (SSSR count). The molecule has 1 aromatic heterocycles. The van der Waals surface area contributed by atoms with Gasteiger partial charge in [-0.25, -0.2) is 0 Å². The van der Waals surface area contributed by atoms with Crippen LogP contribution in [0.15, 0.2) is 18.3 Å². The summed E-state index contributed by atoms with van der Waals surface area (Å²) >= 11 is 1.89. The lowest BCUT2D eigenvalue weighted by Gasteiger charge is -2.08. The molecule has 0 saturated heterocycles. The van der Waals surface area contributed by atoms with Gasteiger partial charge in [0.15, 0.2) is 0 Å². The zero-order valence-electron chi connectivity index (χ0n) is 10.9. The average Bonchev–Trinajstić information content (AvgIpc) is 2.33. The first-order valence-electron chi connectivity index (χ1n) is 6.11. The first-order chi connectivity index (χ1) is 8.22. The number of nitrogens with one attached hydrogen (secondary N) is 1. The molecular formula is C13H22N2OS. The van der Waals surface area contributed by atoms with E-state index in [1.807, 2.05) is 23.9 Å². The highest BCUT2D eigenvalue weighted by molar-refractivity contribution is 7.99. The van der Waals surface area contributed by atoms with Gasteiger partial charge in [0, 0.05) is 18.3 Å². The number of hydrogen-bond acceptors (Lipinski definition) is 4. The van der Waals surface area contributed by atoms with E-state index in [2.05, 4.69) is 31.1 Å². The van der Waals surface area contributed by atoms with E-state index in [-0.39, 0.29) is 0 Å². The number of nitrogens with zero attached hydrogens (tertiary/aromatic N) is 1. The van der Waals surface area contributed by atoms with Gasteiger partial charge in [-0.3, -0.25) is 4.98 Å². The summed E-state index contributed by atoms with van der Waals surface area (Å²) < 4.78 is 5.58. The molecule has 1 N–H and O–H groups in total. The average molecular weight is 254 g/mol. The molecule has 0 amide bonds. The van der Waals surface area contributed by atoms with Gasteiger partial charge in [0.2, 0.25) is 0 Å². The molecule has 0 bridgehead atoms. The molecule has 0 fully saturated rings. The van der Waals surface area contributed by atoms with Gasteiger partial charge < -0.3 is 10.1 Å². The summed E-state index contributed by atoms with van der Waals surface area (Å²) in [4.78, 5) is 4.36. The number of aromatic nitrogens is 1. The van der Waals surface area contributed by atoms with E-state index >= 15 is 0 Å². The Balaban J connectivity index is 2.29. The van der Waals surface area contributed by atoms with Crippen LogP contribution in [0.1, 0.15) is 26.5 Å². The third kappa shape index (κ3) is 6.54. The summed E-state index contributed by atoms with van der Waals surface area (Å²) in [6.07, 6.45) is 1.80. The molecule has 0 spiro atoms. The number of ether oxygens (including phenoxy) is 1. The van der Waals surface area contributed by atoms with Crippen molar-refractivity contribution in [2.45, 2.75) is 33.4 Å². The van der Waals surface area contributed by atoms with Gasteiger partial charge in [0.05, 0.1) is 18.5 Å². The third-order valence-electron chi connectivity index (χ3n) is 2.19. The molecule has 0 radical (unpaired) electrons. The number of pyridine rings is 1. The third-order valence-corrected chi connectivity index (χ3v) is 3.05. The van der Waals surface area contributed by atoms with Crippen molar-refractivity contribution < 1.29 is 4.74 Å². The molecule has 0 aliphatic heterocycles. The number of thioether (sulfide) groups is 1. The van der Waals surface area contributed by atoms with Crippen molar-refractivity contribution in [3.63, 3.8) is 0 Å². The Kier molecular flexibility index (Phi) is 7.05. The monoisotopic (exact) mass is 254 g/mol. The van der Waals surface area contributed by atoms with Crippen LogP contribution in [-0.2, 0) is 6.54 Å². The number of hydrogen-bond donors (Lipinski definition) is 1. The Labute approximate surface area is 108 Å². The Morgan fingerprint density at radius 1 is 1.41 bits per heavy atom. The second-order valence-electron chi connectivity index (χ2n) is 4.07. The molecule has 17 heavy (non-hydrogen) atoms. The van der Waals surface area contributed by atoms with Crippen LogP contribution in [0.2, 0.25) is 0 Å². The molecule has 4 heteroatoms. The van der Waals surface area contributed by atoms with Crippen molar-refractivity contribution >= 4 is 11.8 Å². The van der Waals surface area contributed by atoms with E-state index in [4.69, 9.17) is 4.74 Å². The molecule has 96 valence electrons. The van der Waals surface area contributed by atoms with Crippen LogP contribution in [0, 0.1) is 0 Å². The Bertz CT molecular complexity index is 301. The van der Waals surface area contributed by atoms with Crippen molar-refractivity contribution in [2.75, 3.05) is 18.1 Å². The van der Waals surface area contributed by atoms with E-state index in [0.29, 0.717) is 6.04 Å². The molecule has 3 nitrogen and oxygen atoms in total. The SMILES string of the molecule is CCSCCOc1ccc(CNC(C)C)nc1. The van der Waals surface area contributed by atoms with E-state index in [9.17, 15) is 0 Å². The first kappa shape index (κ1) is 14.3. The largest absolute Gasteiger partial charge is 0.491 e. The summed E-state index contributed by atoms with van der Waals surface area (Å²) in [6, 6.07) is 4.48. The van der Waals surface area contributed by atoms with Crippen molar-refractivity contribution in [1.82, 2.24) is 10.3 Å². The second kappa shape index (κ2) is 8.37. The van der Waals surface area contributed by atoms with E-state index < -0.39 is 0 Å². The van der Waals surface area contributed by atoms with Crippen LogP contribution in [0.3, 0.4) is 0 Å². The fourth-order valence-electron chi connectivity index (χ4n) is 1.27. The minimum atomic E-state index is 0.485. The fourth-order valence-corrected chi connectivity index (χ4v) is 1.76. The maximum Gasteiger partial charge on any atom is 0.137 e. The van der Waals surface area contributed by atoms with E-state index in [1.165, 1.54) is 0 Å². The Morgan fingerprint density at radius 3 is 2.82 bits per heavy atom. The zero-order chi connectivity index (χ0) is 12.5. The summed E-state index contributed by atoms with van der Waals surface area (Å²) in [6.45, 7) is 7.97. The lowest BCUT2D eigenvalue weighted by atomic mass is 10.3. The molecule has 1 heterocycles. The predicted molar refractivity (Wildman–Crippen MR) is 74.7 cm³/mol. The van der Waals surface area contributed by atoms with Crippen LogP contribution in [0.25, 0.3) is 0 Å². The van der Waals surface area contributed by atoms with Gasteiger partial charge in [0.1, 0.15) is 5.75 Å². The van der Waals surface area contributed by atoms with Gasteiger partial charge in [-0.2, -0.15) is 11.8 Å². The standard InChI is InChI=1S/C13H22N2OS/c1-4-17-8-7-16-13-6-5-12(15-10-13)9-14-11(2)3/h5-6,10-11,14H,4,7-9H2,1-3H3. The van der Waals surface area contributed by atoms with Crippen molar-refractivity contribution in [2.24, 2.45) is 0 Å². The molecule has 0 aromatic carbocycles. The highest BCUT2D eigenvalue weighted by atomic mass is 32.2. The molecule has 0 aliphatic rings. The fraction of sp³-hybridized carbons (Fsp3) is 0.615. The molecule has 0 atom stereocenters. The quantitative estimate of drug-likeness (QED) is 0.723. The predicted octanol–water partition coefficient (Wildman–Crippen LogP) is 2.71. The van der Waals surface area contributed by atoms with Crippen molar-refractivity contribution in [1.29, 1.82) is 0 Å². The summed E-state index contributed by atoms with van der Waals surface area (Å²) in [5, 5.41) is 3.33. The maximum absolute atomic E-state index is 5.58. The molecule has 0 aliphatic carbocycles. The zero-order valence-corrected chi connectivity index (χ0v) is 11.7. The highest BCUT2D eigenvalue weighted by Gasteiger charge is 1.98. The molecule has 0 unspecified atom stereocenters. The normalized spacial score (nSPS) is 10.8. The maximum atomic E-state index is 5.58. The Hall–Kier alpha value is -0.740. The van der Waals surface area contributed by atoms with E-state index in [0.717, 1.165) is 36.1 Å². The second-order valence-corrected chi connectivity index (χ2v) is 5.46. The van der Waals surface area contributed by atoms with Crippen molar-refractivity contribution in [3.8, 4) is 5.75 Å². The minimum Gasteiger partial charge on any atom is -0.491 e. The number of rotatable bonds is 8. The van der Waals surface area contributed by atoms with Crippen LogP contribution in [0.4, 0.5) is 0 Å². The first-order valence-corrected chi connectivity index (χ1v) is 7.26.